The number of amides is 1. The third-order valence-electron chi connectivity index (χ3n) is 4.48. The van der Waals surface area contributed by atoms with Gasteiger partial charge >= 0.3 is 5.97 Å². The lowest BCUT2D eigenvalue weighted by atomic mass is 10.1. The second-order valence-corrected chi connectivity index (χ2v) is 8.47. The first-order valence-corrected chi connectivity index (χ1v) is 10.3. The van der Waals surface area contributed by atoms with Crippen LogP contribution in [0.15, 0.2) is 28.4 Å². The molecule has 1 unspecified atom stereocenters. The van der Waals surface area contributed by atoms with Crippen molar-refractivity contribution in [2.75, 3.05) is 7.11 Å². The van der Waals surface area contributed by atoms with Crippen LogP contribution < -0.4 is 10.1 Å². The number of ether oxygens (including phenoxy) is 1. The van der Waals surface area contributed by atoms with Gasteiger partial charge in [-0.05, 0) is 51.5 Å². The summed E-state index contributed by atoms with van der Waals surface area (Å²) in [6.07, 6.45) is 1.35. The Balaban J connectivity index is 2.13. The minimum atomic E-state index is -1.02. The van der Waals surface area contributed by atoms with Crippen molar-refractivity contribution >= 4 is 35.0 Å². The molecule has 0 bridgehead atoms. The molecular formula is C20H28N4O4S. The van der Waals surface area contributed by atoms with Crippen molar-refractivity contribution < 1.29 is 19.4 Å². The van der Waals surface area contributed by atoms with Gasteiger partial charge in [-0.15, -0.1) is 5.10 Å². The number of carboxylic acids is 1. The second kappa shape index (κ2) is 10.4. The van der Waals surface area contributed by atoms with E-state index in [0.29, 0.717) is 17.3 Å². The molecule has 1 aromatic carbocycles. The average molecular weight is 421 g/mol. The number of benzene rings is 1. The standard InChI is InChI=1S/C20H28N4O4S/c1-12(2)24(13(3)4)11-15-8-14(6-7-16(15)28-5)10-21-23-20-22-19(27)17(29-20)9-18(25)26/h6-8,10,12-13,17H,9,11H2,1-5H3,(H,25,26)(H,22,23,27). The fraction of sp³-hybridized carbons (Fsp3) is 0.500. The summed E-state index contributed by atoms with van der Waals surface area (Å²) >= 11 is 1.07. The van der Waals surface area contributed by atoms with E-state index in [1.54, 1.807) is 13.3 Å². The molecule has 1 amide bonds. The first-order valence-electron chi connectivity index (χ1n) is 9.44. The van der Waals surface area contributed by atoms with Crippen LogP contribution in [0.2, 0.25) is 0 Å². The van der Waals surface area contributed by atoms with Crippen molar-refractivity contribution in [2.24, 2.45) is 10.2 Å². The SMILES string of the molecule is COc1ccc(C=NN=C2NC(=O)C(CC(=O)O)S2)cc1CN(C(C)C)C(C)C. The Hall–Kier alpha value is -2.39. The number of nitrogens with zero attached hydrogens (tertiary/aromatic N) is 3. The van der Waals surface area contributed by atoms with Crippen LogP contribution in [-0.2, 0) is 16.1 Å². The van der Waals surface area contributed by atoms with E-state index in [4.69, 9.17) is 9.84 Å². The van der Waals surface area contributed by atoms with Crippen molar-refractivity contribution in [3.8, 4) is 5.75 Å². The van der Waals surface area contributed by atoms with Crippen LogP contribution in [0.1, 0.15) is 45.2 Å². The molecule has 1 saturated heterocycles. The molecule has 1 atom stereocenters. The molecule has 9 heteroatoms. The Morgan fingerprint density at radius 3 is 2.62 bits per heavy atom. The van der Waals surface area contributed by atoms with E-state index < -0.39 is 11.2 Å². The van der Waals surface area contributed by atoms with Crippen molar-refractivity contribution in [3.63, 3.8) is 0 Å². The Morgan fingerprint density at radius 2 is 2.03 bits per heavy atom. The summed E-state index contributed by atoms with van der Waals surface area (Å²) in [6.45, 7) is 9.41. The number of thioether (sulfide) groups is 1. The maximum Gasteiger partial charge on any atom is 0.305 e. The quantitative estimate of drug-likeness (QED) is 0.470. The van der Waals surface area contributed by atoms with E-state index in [1.165, 1.54) is 0 Å². The van der Waals surface area contributed by atoms with Crippen molar-refractivity contribution in [1.29, 1.82) is 0 Å². The lowest BCUT2D eigenvalue weighted by molar-refractivity contribution is -0.138. The zero-order chi connectivity index (χ0) is 21.6. The van der Waals surface area contributed by atoms with Gasteiger partial charge in [0.05, 0.1) is 19.7 Å². The Bertz CT molecular complexity index is 800. The second-order valence-electron chi connectivity index (χ2n) is 7.27. The topological polar surface area (TPSA) is 104 Å². The highest BCUT2D eigenvalue weighted by Crippen LogP contribution is 2.24. The highest BCUT2D eigenvalue weighted by molar-refractivity contribution is 8.15. The molecule has 1 fully saturated rings. The Labute approximate surface area is 175 Å². The molecule has 0 aromatic heterocycles. The number of amidine groups is 1. The molecule has 0 spiro atoms. The minimum Gasteiger partial charge on any atom is -0.496 e. The first-order chi connectivity index (χ1) is 13.7. The van der Waals surface area contributed by atoms with Gasteiger partial charge in [0.2, 0.25) is 5.91 Å². The molecule has 2 rings (SSSR count). The molecule has 1 aromatic rings. The minimum absolute atomic E-state index is 0.247. The van der Waals surface area contributed by atoms with E-state index >= 15 is 0 Å². The van der Waals surface area contributed by atoms with E-state index in [1.807, 2.05) is 18.2 Å². The number of rotatable bonds is 9. The van der Waals surface area contributed by atoms with Crippen molar-refractivity contribution in [1.82, 2.24) is 10.2 Å². The number of carbonyl (C=O) groups excluding carboxylic acids is 1. The zero-order valence-electron chi connectivity index (χ0n) is 17.4. The van der Waals surface area contributed by atoms with Gasteiger partial charge in [-0.1, -0.05) is 11.8 Å². The average Bonchev–Trinajstić information content (AvgIpc) is 2.98. The van der Waals surface area contributed by atoms with Crippen molar-refractivity contribution in [2.45, 2.75) is 58.0 Å². The lowest BCUT2D eigenvalue weighted by Gasteiger charge is -2.31. The summed E-state index contributed by atoms with van der Waals surface area (Å²) in [6, 6.07) is 6.58. The van der Waals surface area contributed by atoms with Crippen LogP contribution in [0.3, 0.4) is 0 Å². The number of hydrogen-bond donors (Lipinski definition) is 2. The first kappa shape index (κ1) is 22.9. The van der Waals surface area contributed by atoms with Crippen molar-refractivity contribution in [3.05, 3.63) is 29.3 Å². The van der Waals surface area contributed by atoms with Gasteiger partial charge in [-0.25, -0.2) is 0 Å². The molecule has 0 radical (unpaired) electrons. The van der Waals surface area contributed by atoms with Gasteiger partial charge in [0, 0.05) is 24.2 Å². The Kier molecular flexibility index (Phi) is 8.21. The largest absolute Gasteiger partial charge is 0.496 e. The maximum absolute atomic E-state index is 11.7. The van der Waals surface area contributed by atoms with E-state index in [2.05, 4.69) is 48.1 Å². The van der Waals surface area contributed by atoms with Crippen LogP contribution in [0.5, 0.6) is 5.75 Å². The summed E-state index contributed by atoms with van der Waals surface area (Å²) in [5.74, 6) is -0.569. The lowest BCUT2D eigenvalue weighted by Crippen LogP contribution is -2.36. The predicted molar refractivity (Wildman–Crippen MR) is 116 cm³/mol. The van der Waals surface area contributed by atoms with Crippen LogP contribution in [-0.4, -0.2) is 57.7 Å². The number of aliphatic carboxylic acids is 1. The molecule has 0 aliphatic carbocycles. The third-order valence-corrected chi connectivity index (χ3v) is 5.55. The normalized spacial score (nSPS) is 18.4. The summed E-state index contributed by atoms with van der Waals surface area (Å²) in [7, 11) is 1.65. The van der Waals surface area contributed by atoms with Crippen LogP contribution in [0.25, 0.3) is 0 Å². The van der Waals surface area contributed by atoms with Gasteiger partial charge in [-0.2, -0.15) is 5.10 Å². The molecule has 158 valence electrons. The molecular weight excluding hydrogens is 392 g/mol. The van der Waals surface area contributed by atoms with Gasteiger partial charge in [0.15, 0.2) is 5.17 Å². The third kappa shape index (κ3) is 6.57. The summed E-state index contributed by atoms with van der Waals surface area (Å²) < 4.78 is 5.50. The van der Waals surface area contributed by atoms with Crippen LogP contribution in [0, 0.1) is 0 Å². The number of nitrogens with one attached hydrogen (secondary N) is 1. The smallest absolute Gasteiger partial charge is 0.305 e. The summed E-state index contributed by atoms with van der Waals surface area (Å²) in [5, 5.41) is 19.0. The number of hydrogen-bond acceptors (Lipinski definition) is 7. The predicted octanol–water partition coefficient (Wildman–Crippen LogP) is 2.71. The number of methoxy groups -OCH3 is 1. The molecule has 1 aliphatic heterocycles. The van der Waals surface area contributed by atoms with Gasteiger partial charge in [-0.3, -0.25) is 14.5 Å². The summed E-state index contributed by atoms with van der Waals surface area (Å²) in [5.41, 5.74) is 1.91. The molecule has 29 heavy (non-hydrogen) atoms. The van der Waals surface area contributed by atoms with Crippen LogP contribution in [0.4, 0.5) is 0 Å². The molecule has 1 aliphatic rings. The number of carbonyl (C=O) groups is 2. The maximum atomic E-state index is 11.7. The van der Waals surface area contributed by atoms with Gasteiger partial charge < -0.3 is 15.2 Å². The number of carboxylic acid groups (broad SMARTS) is 1. The van der Waals surface area contributed by atoms with Crippen LogP contribution >= 0.6 is 11.8 Å². The molecule has 8 nitrogen and oxygen atoms in total. The molecule has 0 saturated carbocycles. The molecule has 1 heterocycles. The molecule has 2 N–H and O–H groups in total. The van der Waals surface area contributed by atoms with Gasteiger partial charge in [0.25, 0.3) is 0 Å². The van der Waals surface area contributed by atoms with E-state index in [9.17, 15) is 9.59 Å². The van der Waals surface area contributed by atoms with E-state index in [0.717, 1.165) is 35.2 Å². The highest BCUT2D eigenvalue weighted by Gasteiger charge is 2.32. The zero-order valence-corrected chi connectivity index (χ0v) is 18.2. The van der Waals surface area contributed by atoms with Gasteiger partial charge in [0.1, 0.15) is 11.0 Å². The van der Waals surface area contributed by atoms with E-state index in [-0.39, 0.29) is 12.3 Å². The fourth-order valence-corrected chi connectivity index (χ4v) is 3.97. The summed E-state index contributed by atoms with van der Waals surface area (Å²) in [4.78, 5) is 24.9. The highest BCUT2D eigenvalue weighted by atomic mass is 32.2. The Morgan fingerprint density at radius 1 is 1.34 bits per heavy atom. The monoisotopic (exact) mass is 420 g/mol. The fourth-order valence-electron chi connectivity index (χ4n) is 3.05.